The van der Waals surface area contributed by atoms with Gasteiger partial charge in [-0.3, -0.25) is 19.4 Å². The molecule has 12 nitrogen and oxygen atoms in total. The van der Waals surface area contributed by atoms with Crippen LogP contribution in [0.25, 0.3) is 38.8 Å². The second kappa shape index (κ2) is 14.2. The average molecular weight is 719 g/mol. The molecule has 12 heteroatoms. The number of allylic oxidation sites excluding steroid dienone is 6. The number of hydrogen-bond acceptors (Lipinski definition) is 9. The van der Waals surface area contributed by atoms with Crippen molar-refractivity contribution in [2.75, 3.05) is 21.3 Å². The summed E-state index contributed by atoms with van der Waals surface area (Å²) in [7, 11) is 3.89. The molecular weight excluding hydrogens is 676 g/mol. The van der Waals surface area contributed by atoms with Crippen molar-refractivity contribution in [1.29, 1.82) is 0 Å². The molecule has 3 N–H and O–H groups in total. The second-order valence-electron chi connectivity index (χ2n) is 13.5. The molecule has 3 aromatic heterocycles. The zero-order valence-electron chi connectivity index (χ0n) is 30.9. The van der Waals surface area contributed by atoms with Crippen molar-refractivity contribution in [3.05, 3.63) is 99.7 Å². The molecule has 0 amide bonds. The van der Waals surface area contributed by atoms with E-state index >= 15 is 0 Å². The van der Waals surface area contributed by atoms with Gasteiger partial charge in [-0.25, -0.2) is 9.78 Å². The van der Waals surface area contributed by atoms with E-state index in [0.717, 1.165) is 38.9 Å². The number of rotatable bonds is 9. The minimum Gasteiger partial charge on any atom is -0.481 e. The first-order valence-corrected chi connectivity index (χ1v) is 17.2. The summed E-state index contributed by atoms with van der Waals surface area (Å²) in [6, 6.07) is 7.59. The van der Waals surface area contributed by atoms with Crippen molar-refractivity contribution >= 4 is 62.7 Å². The molecular formula is C41H42N4O8. The number of aliphatic carboxylic acids is 1. The third-order valence-corrected chi connectivity index (χ3v) is 10.7. The first-order chi connectivity index (χ1) is 25.3. The highest BCUT2D eigenvalue weighted by Gasteiger charge is 2.53. The van der Waals surface area contributed by atoms with E-state index in [-0.39, 0.29) is 30.8 Å². The molecule has 0 aromatic carbocycles. The number of carbonyl (C=O) groups excluding carboxylic acids is 3. The van der Waals surface area contributed by atoms with Gasteiger partial charge < -0.3 is 29.3 Å². The Morgan fingerprint density at radius 3 is 2.04 bits per heavy atom. The molecule has 0 fully saturated rings. The summed E-state index contributed by atoms with van der Waals surface area (Å²) < 4.78 is 15.4. The van der Waals surface area contributed by atoms with E-state index in [4.69, 9.17) is 24.2 Å². The Morgan fingerprint density at radius 2 is 1.45 bits per heavy atom. The minimum atomic E-state index is -1.18. The number of aromatic amines is 2. The predicted molar refractivity (Wildman–Crippen MR) is 200 cm³/mol. The van der Waals surface area contributed by atoms with E-state index in [0.29, 0.717) is 51.3 Å². The number of fused-ring (bicyclic) bond motifs is 11. The third kappa shape index (κ3) is 6.28. The van der Waals surface area contributed by atoms with Gasteiger partial charge in [0.15, 0.2) is 0 Å². The predicted octanol–water partition coefficient (Wildman–Crippen LogP) is 6.41. The maximum Gasteiger partial charge on any atom is 0.334 e. The van der Waals surface area contributed by atoms with Crippen LogP contribution in [-0.4, -0.2) is 70.2 Å². The van der Waals surface area contributed by atoms with Crippen LogP contribution < -0.4 is 0 Å². The van der Waals surface area contributed by atoms with Crippen molar-refractivity contribution in [3.8, 4) is 0 Å². The van der Waals surface area contributed by atoms with Gasteiger partial charge in [-0.15, -0.1) is 0 Å². The zero-order valence-corrected chi connectivity index (χ0v) is 30.9. The lowest BCUT2D eigenvalue weighted by molar-refractivity contribution is -0.149. The standard InChI is InChI=1S/C41H42N4O8/c1-9-23-20(2)29-17-34-27-13-10-26(39(49)52-7)38(40(50)53-8)41(27,5)35(45-34)19-30-22(4)25(12-15-37(48)51-6)33(44-30)18-32-24(11-14-36(46)47)21(3)28(43-32)16-31(23)42-29/h9-10,13,16-19,38,43-44H,1,11-12,14-15H2,2-8H3,(H,46,47)/t38?,41-/m0/s1. The fraction of sp³-hybridized carbons (Fsp3) is 0.317. The molecule has 0 spiro atoms. The van der Waals surface area contributed by atoms with Gasteiger partial charge in [-0.2, -0.15) is 0 Å². The number of H-pyrrole nitrogens is 2. The quantitative estimate of drug-likeness (QED) is 0.166. The van der Waals surface area contributed by atoms with Crippen molar-refractivity contribution in [1.82, 2.24) is 19.9 Å². The molecule has 274 valence electrons. The molecule has 1 unspecified atom stereocenters. The SMILES string of the molecule is C=CC1=C(C)c2cc3nc(cc4[nH]c(cc5[nH]c(cc1n2)c(C)c5CCC(=O)O)c(CCC(=O)OC)c4C)[C@]1(C)C3=CC=C(C(=O)OC)C1C(=O)OC. The van der Waals surface area contributed by atoms with Crippen molar-refractivity contribution < 1.29 is 38.5 Å². The Bertz CT molecular complexity index is 2370. The van der Waals surface area contributed by atoms with Gasteiger partial charge in [0.1, 0.15) is 5.92 Å². The molecule has 2 atom stereocenters. The minimum absolute atomic E-state index is 0.0715. The topological polar surface area (TPSA) is 174 Å². The Morgan fingerprint density at radius 1 is 0.811 bits per heavy atom. The van der Waals surface area contributed by atoms with Crippen molar-refractivity contribution in [3.63, 3.8) is 0 Å². The lowest BCUT2D eigenvalue weighted by Gasteiger charge is -2.36. The molecule has 1 aliphatic carbocycles. The number of nitrogens with one attached hydrogen (secondary N) is 2. The number of ether oxygens (including phenoxy) is 3. The molecule has 3 aromatic rings. The Labute approximate surface area is 306 Å². The van der Waals surface area contributed by atoms with Gasteiger partial charge in [0.05, 0.1) is 55.1 Å². The normalized spacial score (nSPS) is 17.8. The number of aryl methyl sites for hydroxylation is 4. The average Bonchev–Trinajstić information content (AvgIpc) is 3.79. The second-order valence-corrected chi connectivity index (χ2v) is 13.5. The van der Waals surface area contributed by atoms with Crippen LogP contribution in [0.1, 0.15) is 71.7 Å². The number of esters is 3. The summed E-state index contributed by atoms with van der Waals surface area (Å²) in [5, 5.41) is 9.61. The number of aromatic nitrogens is 4. The van der Waals surface area contributed by atoms with Crippen LogP contribution in [0, 0.1) is 19.8 Å². The van der Waals surface area contributed by atoms with E-state index in [1.165, 1.54) is 21.3 Å². The largest absolute Gasteiger partial charge is 0.481 e. The lowest BCUT2D eigenvalue weighted by Crippen LogP contribution is -2.42. The third-order valence-electron chi connectivity index (χ3n) is 10.7. The smallest absolute Gasteiger partial charge is 0.334 e. The van der Waals surface area contributed by atoms with E-state index in [1.807, 2.05) is 52.0 Å². The lowest BCUT2D eigenvalue weighted by atomic mass is 9.64. The molecule has 8 bridgehead atoms. The number of carboxylic acids is 1. The molecule has 3 aliphatic rings. The van der Waals surface area contributed by atoms with Crippen LogP contribution >= 0.6 is 0 Å². The highest BCUT2D eigenvalue weighted by molar-refractivity contribution is 6.02. The molecule has 53 heavy (non-hydrogen) atoms. The van der Waals surface area contributed by atoms with Crippen molar-refractivity contribution in [2.45, 2.75) is 58.8 Å². The Kier molecular flexibility index (Phi) is 9.83. The summed E-state index contributed by atoms with van der Waals surface area (Å²) in [5.74, 6) is -3.66. The monoisotopic (exact) mass is 718 g/mol. The maximum absolute atomic E-state index is 13.7. The zero-order chi connectivity index (χ0) is 38.4. The van der Waals surface area contributed by atoms with Gasteiger partial charge in [0, 0.05) is 40.5 Å². The molecule has 5 heterocycles. The van der Waals surface area contributed by atoms with Gasteiger partial charge in [-0.1, -0.05) is 24.8 Å². The van der Waals surface area contributed by atoms with Gasteiger partial charge in [0.25, 0.3) is 0 Å². The maximum atomic E-state index is 13.7. The number of methoxy groups -OCH3 is 3. The van der Waals surface area contributed by atoms with Gasteiger partial charge in [0.2, 0.25) is 0 Å². The van der Waals surface area contributed by atoms with Gasteiger partial charge in [-0.05, 0) is 98.2 Å². The van der Waals surface area contributed by atoms with E-state index in [1.54, 1.807) is 18.2 Å². The van der Waals surface area contributed by atoms with Crippen molar-refractivity contribution in [2.24, 2.45) is 5.92 Å². The van der Waals surface area contributed by atoms with Crippen LogP contribution in [0.2, 0.25) is 0 Å². The molecule has 0 radical (unpaired) electrons. The first-order valence-electron chi connectivity index (χ1n) is 17.2. The molecule has 0 saturated carbocycles. The summed E-state index contributed by atoms with van der Waals surface area (Å²) in [6.07, 6.45) is 5.80. The van der Waals surface area contributed by atoms with Crippen LogP contribution in [0.4, 0.5) is 0 Å². The number of carboxylic acid groups (broad SMARTS) is 1. The fourth-order valence-electron chi connectivity index (χ4n) is 7.69. The summed E-state index contributed by atoms with van der Waals surface area (Å²) in [5.41, 5.74) is 9.92. The summed E-state index contributed by atoms with van der Waals surface area (Å²) >= 11 is 0. The molecule has 6 rings (SSSR count). The number of hydrogen-bond donors (Lipinski definition) is 3. The summed E-state index contributed by atoms with van der Waals surface area (Å²) in [4.78, 5) is 68.1. The highest BCUT2D eigenvalue weighted by atomic mass is 16.5. The van der Waals surface area contributed by atoms with Crippen LogP contribution in [-0.2, 0) is 51.6 Å². The van der Waals surface area contributed by atoms with Crippen LogP contribution in [0.3, 0.4) is 0 Å². The summed E-state index contributed by atoms with van der Waals surface area (Å²) in [6.45, 7) is 11.8. The number of nitrogens with zero attached hydrogens (tertiary/aromatic N) is 2. The molecule has 0 saturated heterocycles. The van der Waals surface area contributed by atoms with Crippen LogP contribution in [0.15, 0.2) is 54.6 Å². The highest BCUT2D eigenvalue weighted by Crippen LogP contribution is 2.52. The Balaban J connectivity index is 1.78. The van der Waals surface area contributed by atoms with E-state index in [9.17, 15) is 24.3 Å². The van der Waals surface area contributed by atoms with Crippen LogP contribution in [0.5, 0.6) is 0 Å². The fourth-order valence-corrected chi connectivity index (χ4v) is 7.69. The Hall–Kier alpha value is -6.04. The van der Waals surface area contributed by atoms with Gasteiger partial charge >= 0.3 is 23.9 Å². The van der Waals surface area contributed by atoms with E-state index < -0.39 is 29.2 Å². The molecule has 2 aliphatic heterocycles. The number of carbonyl (C=O) groups is 4. The van der Waals surface area contributed by atoms with E-state index in [2.05, 4.69) is 16.5 Å². The first kappa shape index (κ1) is 36.7.